The molecule has 0 amide bonds. The number of unbranched alkanes of at least 4 members (excludes halogenated alkanes) is 32. The molecule has 0 aliphatic carbocycles. The lowest BCUT2D eigenvalue weighted by atomic mass is 10.0. The van der Waals surface area contributed by atoms with Crippen molar-refractivity contribution in [3.8, 4) is 0 Å². The molecule has 0 aromatic carbocycles. The van der Waals surface area contributed by atoms with Crippen molar-refractivity contribution in [1.29, 1.82) is 0 Å². The lowest BCUT2D eigenvalue weighted by molar-refractivity contribution is -0.870. The Hall–Kier alpha value is -0.760. The van der Waals surface area contributed by atoms with E-state index in [9.17, 15) is 14.3 Å². The van der Waals surface area contributed by atoms with Crippen LogP contribution in [0.2, 0.25) is 0 Å². The quantitative estimate of drug-likeness (QED) is 0.0198. The highest BCUT2D eigenvalue weighted by atomic mass is 31.2. The number of phosphoric ester groups is 1. The number of rotatable bonds is 48. The maximum Gasteiger partial charge on any atom is 0.306 e. The minimum atomic E-state index is -4.52. The highest BCUT2D eigenvalue weighted by Crippen LogP contribution is 2.38. The molecule has 0 saturated heterocycles. The number of hydrogen-bond donors (Lipinski definition) is 0. The van der Waals surface area contributed by atoms with Crippen LogP contribution < -0.4 is 4.89 Å². The van der Waals surface area contributed by atoms with Gasteiger partial charge in [0.15, 0.2) is 0 Å². The molecule has 0 rings (SSSR count). The molecule has 0 fully saturated rings. The van der Waals surface area contributed by atoms with Crippen molar-refractivity contribution in [2.24, 2.45) is 0 Å². The number of nitrogens with zero attached hydrogens (tertiary/aromatic N) is 1. The zero-order valence-electron chi connectivity index (χ0n) is 40.0. The predicted molar refractivity (Wildman–Crippen MR) is 250 cm³/mol. The first-order chi connectivity index (χ1) is 28.6. The summed E-state index contributed by atoms with van der Waals surface area (Å²) >= 11 is 0. The maximum absolute atomic E-state index is 12.7. The summed E-state index contributed by atoms with van der Waals surface area (Å²) in [4.78, 5) is 25.1. The number of carbonyl (C=O) groups excluding carboxylic acids is 1. The van der Waals surface area contributed by atoms with Crippen molar-refractivity contribution >= 4 is 13.8 Å². The van der Waals surface area contributed by atoms with Crippen molar-refractivity contribution in [3.05, 3.63) is 12.2 Å². The Balaban J connectivity index is 4.12. The summed E-state index contributed by atoms with van der Waals surface area (Å²) in [6.45, 7) is 5.46. The SMILES string of the molecule is CCCCCCCCC/C=C\CCCCCCCCCCOCC(COP(=O)([O-])OCC[N+](C)(C)C)OC(=O)CCCCCCCCCCCCCCCCCCCC. The standard InChI is InChI=1S/C50H100NO7P/c1-6-8-10-12-14-16-18-20-22-24-26-28-30-32-34-36-38-40-42-45-55-47-49(48-57-59(53,54)56-46-44-51(3,4)5)58-50(52)43-41-39-37-35-33-31-29-27-25-23-21-19-17-15-13-11-9-7-2/h22,24,49H,6-21,23,25-48H2,1-5H3/b24-22-. The summed E-state index contributed by atoms with van der Waals surface area (Å²) in [5.74, 6) is -0.329. The molecule has 2 unspecified atom stereocenters. The number of phosphoric acid groups is 1. The molecule has 0 aromatic heterocycles. The van der Waals surface area contributed by atoms with E-state index in [1.807, 2.05) is 21.1 Å². The molecule has 0 N–H and O–H groups in total. The highest BCUT2D eigenvalue weighted by molar-refractivity contribution is 7.45. The molecule has 0 spiro atoms. The first-order valence-electron chi connectivity index (χ1n) is 25.4. The van der Waals surface area contributed by atoms with Crippen molar-refractivity contribution in [3.63, 3.8) is 0 Å². The Labute approximate surface area is 367 Å². The first kappa shape index (κ1) is 58.2. The molecule has 0 aromatic rings. The number of hydrogen-bond acceptors (Lipinski definition) is 7. The number of likely N-dealkylation sites (N-methyl/N-ethyl adjacent to an activating group) is 1. The van der Waals surface area contributed by atoms with E-state index in [0.29, 0.717) is 24.1 Å². The van der Waals surface area contributed by atoms with Gasteiger partial charge in [0, 0.05) is 13.0 Å². The normalized spacial score (nSPS) is 13.7. The summed E-state index contributed by atoms with van der Waals surface area (Å²) in [5.41, 5.74) is 0. The third kappa shape index (κ3) is 48.1. The van der Waals surface area contributed by atoms with Crippen molar-refractivity contribution in [1.82, 2.24) is 0 Å². The molecule has 352 valence electrons. The molecule has 9 heteroatoms. The molecule has 0 saturated carbocycles. The van der Waals surface area contributed by atoms with Gasteiger partial charge in [-0.1, -0.05) is 212 Å². The Morgan fingerprint density at radius 2 is 0.881 bits per heavy atom. The van der Waals surface area contributed by atoms with Gasteiger partial charge in [-0.15, -0.1) is 0 Å². The average Bonchev–Trinajstić information content (AvgIpc) is 3.19. The fraction of sp³-hybridized carbons (Fsp3) is 0.940. The van der Waals surface area contributed by atoms with Crippen LogP contribution in [0.4, 0.5) is 0 Å². The number of allylic oxidation sites excluding steroid dienone is 2. The molecule has 0 radical (unpaired) electrons. The molecular weight excluding hydrogens is 758 g/mol. The predicted octanol–water partition coefficient (Wildman–Crippen LogP) is 14.8. The third-order valence-corrected chi connectivity index (χ3v) is 12.3. The van der Waals surface area contributed by atoms with Crippen molar-refractivity contribution in [2.45, 2.75) is 251 Å². The van der Waals surface area contributed by atoms with E-state index in [1.54, 1.807) is 0 Å². The lowest BCUT2D eigenvalue weighted by Crippen LogP contribution is -2.37. The molecule has 0 aliphatic rings. The Morgan fingerprint density at radius 1 is 0.508 bits per heavy atom. The van der Waals surface area contributed by atoms with E-state index >= 15 is 0 Å². The summed E-state index contributed by atoms with van der Waals surface area (Å²) in [6.07, 6.45) is 49.4. The molecule has 0 heterocycles. The molecule has 8 nitrogen and oxygen atoms in total. The van der Waals surface area contributed by atoms with Crippen LogP contribution in [0.25, 0.3) is 0 Å². The number of ether oxygens (including phenoxy) is 2. The first-order valence-corrected chi connectivity index (χ1v) is 26.9. The molecule has 0 aliphatic heterocycles. The fourth-order valence-corrected chi connectivity index (χ4v) is 8.10. The summed E-state index contributed by atoms with van der Waals surface area (Å²) in [7, 11) is 1.37. The van der Waals surface area contributed by atoms with Gasteiger partial charge in [-0.2, -0.15) is 0 Å². The third-order valence-electron chi connectivity index (χ3n) is 11.3. The Morgan fingerprint density at radius 3 is 1.29 bits per heavy atom. The topological polar surface area (TPSA) is 94.1 Å². The van der Waals surface area contributed by atoms with Gasteiger partial charge < -0.3 is 27.9 Å². The van der Waals surface area contributed by atoms with E-state index in [-0.39, 0.29) is 25.8 Å². The van der Waals surface area contributed by atoms with Gasteiger partial charge in [0.25, 0.3) is 7.82 Å². The van der Waals surface area contributed by atoms with Crippen LogP contribution >= 0.6 is 7.82 Å². The van der Waals surface area contributed by atoms with Crippen LogP contribution in [0, 0.1) is 0 Å². The maximum atomic E-state index is 12.7. The molecule has 2 atom stereocenters. The van der Waals surface area contributed by atoms with E-state index in [1.165, 1.54) is 193 Å². The molecular formula is C50H100NO7P. The molecule has 0 bridgehead atoms. The van der Waals surface area contributed by atoms with E-state index < -0.39 is 13.9 Å². The van der Waals surface area contributed by atoms with Crippen LogP contribution in [-0.2, 0) is 27.9 Å². The largest absolute Gasteiger partial charge is 0.756 e. The van der Waals surface area contributed by atoms with E-state index in [2.05, 4.69) is 26.0 Å². The summed E-state index contributed by atoms with van der Waals surface area (Å²) in [5, 5.41) is 0. The van der Waals surface area contributed by atoms with E-state index in [0.717, 1.165) is 32.1 Å². The van der Waals surface area contributed by atoms with Crippen molar-refractivity contribution in [2.75, 3.05) is 54.1 Å². The fourth-order valence-electron chi connectivity index (χ4n) is 7.37. The number of esters is 1. The zero-order valence-corrected chi connectivity index (χ0v) is 40.9. The van der Waals surface area contributed by atoms with Gasteiger partial charge in [-0.3, -0.25) is 9.36 Å². The smallest absolute Gasteiger partial charge is 0.306 e. The van der Waals surface area contributed by atoms with Crippen LogP contribution in [0.15, 0.2) is 12.2 Å². The van der Waals surface area contributed by atoms with Gasteiger partial charge in [0.2, 0.25) is 0 Å². The minimum Gasteiger partial charge on any atom is -0.756 e. The second-order valence-corrected chi connectivity index (χ2v) is 19.9. The molecule has 59 heavy (non-hydrogen) atoms. The Bertz CT molecular complexity index is 956. The monoisotopic (exact) mass is 858 g/mol. The lowest BCUT2D eigenvalue weighted by Gasteiger charge is -2.28. The summed E-state index contributed by atoms with van der Waals surface area (Å²) < 4.78 is 34.7. The minimum absolute atomic E-state index is 0.0291. The second kappa shape index (κ2) is 43.9. The van der Waals surface area contributed by atoms with Crippen molar-refractivity contribution < 1.29 is 37.3 Å². The zero-order chi connectivity index (χ0) is 43.4. The van der Waals surface area contributed by atoms with Gasteiger partial charge in [0.05, 0.1) is 34.4 Å². The Kier molecular flexibility index (Phi) is 43.3. The number of quaternary nitrogens is 1. The van der Waals surface area contributed by atoms with Crippen LogP contribution in [-0.4, -0.2) is 70.7 Å². The van der Waals surface area contributed by atoms with Crippen LogP contribution in [0.5, 0.6) is 0 Å². The second-order valence-electron chi connectivity index (χ2n) is 18.5. The van der Waals surface area contributed by atoms with Crippen LogP contribution in [0.1, 0.15) is 245 Å². The van der Waals surface area contributed by atoms with Gasteiger partial charge in [0.1, 0.15) is 19.3 Å². The van der Waals surface area contributed by atoms with Crippen LogP contribution in [0.3, 0.4) is 0 Å². The van der Waals surface area contributed by atoms with E-state index in [4.69, 9.17) is 18.5 Å². The van der Waals surface area contributed by atoms with Gasteiger partial charge in [-0.05, 0) is 38.5 Å². The van der Waals surface area contributed by atoms with Gasteiger partial charge in [-0.25, -0.2) is 0 Å². The summed E-state index contributed by atoms with van der Waals surface area (Å²) in [6, 6.07) is 0. The highest BCUT2D eigenvalue weighted by Gasteiger charge is 2.20. The van der Waals surface area contributed by atoms with Gasteiger partial charge >= 0.3 is 5.97 Å². The number of carbonyl (C=O) groups is 1. The average molecular weight is 858 g/mol.